The molecule has 5 rings (SSSR count). The first-order valence-corrected chi connectivity index (χ1v) is 12.1. The third-order valence-corrected chi connectivity index (χ3v) is 7.23. The lowest BCUT2D eigenvalue weighted by Gasteiger charge is -2.19. The zero-order valence-electron chi connectivity index (χ0n) is 18.4. The highest BCUT2D eigenvalue weighted by Crippen LogP contribution is 2.37. The van der Waals surface area contributed by atoms with Crippen molar-refractivity contribution in [2.45, 2.75) is 37.1 Å². The van der Waals surface area contributed by atoms with Crippen molar-refractivity contribution in [2.24, 2.45) is 0 Å². The Morgan fingerprint density at radius 2 is 1.82 bits per heavy atom. The van der Waals surface area contributed by atoms with E-state index in [-0.39, 0.29) is 10.7 Å². The topological polar surface area (TPSA) is 108 Å². The van der Waals surface area contributed by atoms with E-state index in [2.05, 4.69) is 15.0 Å². The maximum atomic E-state index is 13.4. The van der Waals surface area contributed by atoms with E-state index in [4.69, 9.17) is 14.0 Å². The maximum absolute atomic E-state index is 13.4. The van der Waals surface area contributed by atoms with Gasteiger partial charge in [0.2, 0.25) is 0 Å². The van der Waals surface area contributed by atoms with Gasteiger partial charge >= 0.3 is 0 Å². The normalized spacial score (nSPS) is 13.6. The number of ether oxygens (including phenoxy) is 2. The van der Waals surface area contributed by atoms with Crippen molar-refractivity contribution in [3.63, 3.8) is 0 Å². The first-order chi connectivity index (χ1) is 16.0. The van der Waals surface area contributed by atoms with Gasteiger partial charge in [-0.15, -0.1) is 0 Å². The number of methoxy groups -OCH3 is 2. The smallest absolute Gasteiger partial charge is 0.266 e. The Hall–Kier alpha value is -3.53. The van der Waals surface area contributed by atoms with Crippen LogP contribution in [0.15, 0.2) is 52.1 Å². The molecule has 4 aromatic rings. The van der Waals surface area contributed by atoms with Crippen LogP contribution in [-0.2, 0) is 29.4 Å². The van der Waals surface area contributed by atoms with E-state index in [1.807, 2.05) is 24.4 Å². The highest BCUT2D eigenvalue weighted by Gasteiger charge is 2.26. The molecule has 0 saturated carbocycles. The Morgan fingerprint density at radius 3 is 2.52 bits per heavy atom. The SMILES string of the molecule is COc1cc2c(cc1S(=O)(=O)Nc1noc3cc(Cn4cccn4)cc(OC)c13)CCCC2. The van der Waals surface area contributed by atoms with Gasteiger partial charge in [0.1, 0.15) is 21.8 Å². The first kappa shape index (κ1) is 21.3. The number of benzene rings is 2. The largest absolute Gasteiger partial charge is 0.496 e. The first-order valence-electron chi connectivity index (χ1n) is 10.6. The molecule has 1 aliphatic rings. The van der Waals surface area contributed by atoms with Crippen LogP contribution in [0, 0.1) is 0 Å². The molecule has 0 saturated heterocycles. The van der Waals surface area contributed by atoms with Gasteiger partial charge in [-0.3, -0.25) is 9.40 Å². The molecule has 0 radical (unpaired) electrons. The molecule has 10 heteroatoms. The molecule has 1 N–H and O–H groups in total. The molecular weight excluding hydrogens is 444 g/mol. The Bertz CT molecular complexity index is 1410. The second-order valence-electron chi connectivity index (χ2n) is 7.99. The molecule has 2 aromatic heterocycles. The number of fused-ring (bicyclic) bond motifs is 2. The average Bonchev–Trinajstić information content (AvgIpc) is 3.47. The molecule has 0 aliphatic heterocycles. The van der Waals surface area contributed by atoms with Gasteiger partial charge in [0, 0.05) is 12.4 Å². The summed E-state index contributed by atoms with van der Waals surface area (Å²) in [4.78, 5) is 0.0797. The number of hydrogen-bond donors (Lipinski definition) is 1. The summed E-state index contributed by atoms with van der Waals surface area (Å²) in [6, 6.07) is 8.98. The standard InChI is InChI=1S/C23H24N4O5S/c1-30-18-12-16-6-3-4-7-17(16)13-21(18)33(28,29)26-23-22-19(31-2)10-15(11-20(22)32-25-23)14-27-9-5-8-24-27/h5,8-13H,3-4,6-7,14H2,1-2H3,(H,25,26). The highest BCUT2D eigenvalue weighted by atomic mass is 32.2. The molecule has 0 spiro atoms. The molecule has 0 atom stereocenters. The zero-order chi connectivity index (χ0) is 23.0. The van der Waals surface area contributed by atoms with Crippen LogP contribution in [0.3, 0.4) is 0 Å². The number of aryl methyl sites for hydroxylation is 2. The number of nitrogens with one attached hydrogen (secondary N) is 1. The predicted octanol–water partition coefficient (Wildman–Crippen LogP) is 3.77. The van der Waals surface area contributed by atoms with Crippen molar-refractivity contribution < 1.29 is 22.4 Å². The number of anilines is 1. The predicted molar refractivity (Wildman–Crippen MR) is 122 cm³/mol. The third-order valence-electron chi connectivity index (χ3n) is 5.87. The summed E-state index contributed by atoms with van der Waals surface area (Å²) in [5.41, 5.74) is 3.46. The lowest BCUT2D eigenvalue weighted by molar-refractivity contribution is 0.401. The molecule has 0 bridgehead atoms. The minimum atomic E-state index is -3.99. The van der Waals surface area contributed by atoms with Gasteiger partial charge in [-0.1, -0.05) is 5.16 Å². The third kappa shape index (κ3) is 4.02. The summed E-state index contributed by atoms with van der Waals surface area (Å²) >= 11 is 0. The molecule has 0 unspecified atom stereocenters. The van der Waals surface area contributed by atoms with E-state index in [0.29, 0.717) is 29.0 Å². The summed E-state index contributed by atoms with van der Waals surface area (Å²) in [6.07, 6.45) is 7.45. The van der Waals surface area contributed by atoms with E-state index in [0.717, 1.165) is 42.4 Å². The lowest BCUT2D eigenvalue weighted by Crippen LogP contribution is -2.16. The summed E-state index contributed by atoms with van der Waals surface area (Å²) in [5.74, 6) is 0.822. The number of sulfonamides is 1. The second kappa shape index (κ2) is 8.43. The van der Waals surface area contributed by atoms with Crippen LogP contribution in [0.2, 0.25) is 0 Å². The van der Waals surface area contributed by atoms with Crippen molar-refractivity contribution in [3.8, 4) is 11.5 Å². The van der Waals surface area contributed by atoms with Crippen LogP contribution in [0.5, 0.6) is 11.5 Å². The monoisotopic (exact) mass is 468 g/mol. The van der Waals surface area contributed by atoms with Gasteiger partial charge in [-0.05, 0) is 72.7 Å². The van der Waals surface area contributed by atoms with Crippen molar-refractivity contribution in [1.29, 1.82) is 0 Å². The van der Waals surface area contributed by atoms with Crippen LogP contribution in [0.1, 0.15) is 29.5 Å². The van der Waals surface area contributed by atoms with E-state index in [1.165, 1.54) is 14.2 Å². The lowest BCUT2D eigenvalue weighted by atomic mass is 9.92. The zero-order valence-corrected chi connectivity index (χ0v) is 19.2. The van der Waals surface area contributed by atoms with Gasteiger partial charge in [0.05, 0.1) is 20.8 Å². The Balaban J connectivity index is 1.52. The minimum absolute atomic E-state index is 0.0623. The average molecular weight is 469 g/mol. The number of nitrogens with zero attached hydrogens (tertiary/aromatic N) is 3. The molecule has 172 valence electrons. The van der Waals surface area contributed by atoms with Crippen LogP contribution < -0.4 is 14.2 Å². The fourth-order valence-corrected chi connectivity index (χ4v) is 5.49. The summed E-state index contributed by atoms with van der Waals surface area (Å²) < 4.78 is 47.5. The Kier molecular flexibility index (Phi) is 5.45. The molecule has 0 fully saturated rings. The molecule has 2 aromatic carbocycles. The fourth-order valence-electron chi connectivity index (χ4n) is 4.29. The highest BCUT2D eigenvalue weighted by molar-refractivity contribution is 7.92. The van der Waals surface area contributed by atoms with E-state index < -0.39 is 10.0 Å². The van der Waals surface area contributed by atoms with Gasteiger partial charge in [-0.2, -0.15) is 5.10 Å². The van der Waals surface area contributed by atoms with Gasteiger partial charge in [0.25, 0.3) is 10.0 Å². The van der Waals surface area contributed by atoms with E-state index >= 15 is 0 Å². The Morgan fingerprint density at radius 1 is 1.06 bits per heavy atom. The fraction of sp³-hybridized carbons (Fsp3) is 0.304. The summed E-state index contributed by atoms with van der Waals surface area (Å²) in [6.45, 7) is 0.507. The minimum Gasteiger partial charge on any atom is -0.496 e. The van der Waals surface area contributed by atoms with Gasteiger partial charge in [0.15, 0.2) is 11.4 Å². The number of hydrogen-bond acceptors (Lipinski definition) is 7. The molecular formula is C23H24N4O5S. The molecule has 2 heterocycles. The van der Waals surface area contributed by atoms with Crippen molar-refractivity contribution in [1.82, 2.24) is 14.9 Å². The second-order valence-corrected chi connectivity index (χ2v) is 9.64. The number of aromatic nitrogens is 3. The van der Waals surface area contributed by atoms with Crippen LogP contribution in [0.4, 0.5) is 5.82 Å². The van der Waals surface area contributed by atoms with Crippen molar-refractivity contribution in [3.05, 3.63) is 59.4 Å². The maximum Gasteiger partial charge on any atom is 0.266 e. The van der Waals surface area contributed by atoms with Crippen LogP contribution in [-0.4, -0.2) is 37.6 Å². The van der Waals surface area contributed by atoms with Crippen LogP contribution in [0.25, 0.3) is 11.0 Å². The summed E-state index contributed by atoms with van der Waals surface area (Å²) in [5, 5.41) is 8.64. The van der Waals surface area contributed by atoms with Gasteiger partial charge in [-0.25, -0.2) is 8.42 Å². The van der Waals surface area contributed by atoms with Crippen molar-refractivity contribution in [2.75, 3.05) is 18.9 Å². The van der Waals surface area contributed by atoms with E-state index in [9.17, 15) is 8.42 Å². The molecule has 33 heavy (non-hydrogen) atoms. The van der Waals surface area contributed by atoms with Gasteiger partial charge < -0.3 is 14.0 Å². The summed E-state index contributed by atoms with van der Waals surface area (Å²) in [7, 11) is -1.00. The molecule has 9 nitrogen and oxygen atoms in total. The Labute approximate surface area is 191 Å². The quantitative estimate of drug-likeness (QED) is 0.440. The molecule has 1 aliphatic carbocycles. The van der Waals surface area contributed by atoms with Crippen LogP contribution >= 0.6 is 0 Å². The molecule has 0 amide bonds. The van der Waals surface area contributed by atoms with E-state index in [1.54, 1.807) is 23.0 Å². The van der Waals surface area contributed by atoms with Crippen molar-refractivity contribution >= 4 is 26.8 Å². The number of rotatable bonds is 7.